The van der Waals surface area contributed by atoms with Gasteiger partial charge >= 0.3 is 6.03 Å². The Kier molecular flexibility index (Phi) is 4.97. The monoisotopic (exact) mass is 343 g/mol. The lowest BCUT2D eigenvalue weighted by Gasteiger charge is -2.25. The van der Waals surface area contributed by atoms with Gasteiger partial charge in [-0.1, -0.05) is 26.0 Å². The highest BCUT2D eigenvalue weighted by Gasteiger charge is 2.40. The standard InChI is InChI=1S/C19H25N3O3/c1-4-25-14-7-5-13(6-8-14)17-16-15(20-19(24)21-17)11-22(18(16)23)10-9-12(2)3/h5-8,12,17H,4,9-11H2,1-3H3,(H2,20,21,24). The third-order valence-corrected chi connectivity index (χ3v) is 4.52. The van der Waals surface area contributed by atoms with Crippen LogP contribution in [0.25, 0.3) is 0 Å². The molecule has 6 nitrogen and oxygen atoms in total. The van der Waals surface area contributed by atoms with Crippen molar-refractivity contribution in [1.29, 1.82) is 0 Å². The van der Waals surface area contributed by atoms with Gasteiger partial charge in [-0.05, 0) is 37.0 Å². The van der Waals surface area contributed by atoms with E-state index in [0.29, 0.717) is 31.2 Å². The van der Waals surface area contributed by atoms with Crippen LogP contribution in [0.1, 0.15) is 38.8 Å². The van der Waals surface area contributed by atoms with E-state index in [0.717, 1.165) is 23.4 Å². The number of urea groups is 1. The molecule has 134 valence electrons. The number of rotatable bonds is 6. The molecule has 0 bridgehead atoms. The summed E-state index contributed by atoms with van der Waals surface area (Å²) in [5.41, 5.74) is 2.24. The molecular formula is C19H25N3O3. The maximum Gasteiger partial charge on any atom is 0.319 e. The van der Waals surface area contributed by atoms with E-state index in [1.807, 2.05) is 36.1 Å². The summed E-state index contributed by atoms with van der Waals surface area (Å²) in [6, 6.07) is 6.84. The van der Waals surface area contributed by atoms with Crippen molar-refractivity contribution in [3.63, 3.8) is 0 Å². The molecule has 3 amide bonds. The normalized spacial score (nSPS) is 19.8. The molecule has 0 fully saturated rings. The highest BCUT2D eigenvalue weighted by molar-refractivity contribution is 6.01. The fourth-order valence-corrected chi connectivity index (χ4v) is 3.20. The highest BCUT2D eigenvalue weighted by Crippen LogP contribution is 2.33. The molecular weight excluding hydrogens is 318 g/mol. The van der Waals surface area contributed by atoms with Gasteiger partial charge in [0.2, 0.25) is 0 Å². The van der Waals surface area contributed by atoms with Crippen molar-refractivity contribution < 1.29 is 14.3 Å². The first-order chi connectivity index (χ1) is 12.0. The number of hydrogen-bond donors (Lipinski definition) is 2. The first kappa shape index (κ1) is 17.3. The lowest BCUT2D eigenvalue weighted by Crippen LogP contribution is -2.44. The van der Waals surface area contributed by atoms with Gasteiger partial charge in [-0.25, -0.2) is 4.79 Å². The van der Waals surface area contributed by atoms with Crippen molar-refractivity contribution in [2.75, 3.05) is 19.7 Å². The van der Waals surface area contributed by atoms with Crippen molar-refractivity contribution in [3.05, 3.63) is 41.1 Å². The van der Waals surface area contributed by atoms with Gasteiger partial charge in [-0.3, -0.25) is 4.79 Å². The third-order valence-electron chi connectivity index (χ3n) is 4.52. The largest absolute Gasteiger partial charge is 0.494 e. The van der Waals surface area contributed by atoms with Crippen LogP contribution in [0.4, 0.5) is 4.79 Å². The van der Waals surface area contributed by atoms with Gasteiger partial charge in [-0.2, -0.15) is 0 Å². The summed E-state index contributed by atoms with van der Waals surface area (Å²) < 4.78 is 5.46. The first-order valence-electron chi connectivity index (χ1n) is 8.82. The molecule has 2 aliphatic rings. The number of benzene rings is 1. The summed E-state index contributed by atoms with van der Waals surface area (Å²) in [5.74, 6) is 1.30. The Hall–Kier alpha value is -2.50. The Bertz CT molecular complexity index is 694. The van der Waals surface area contributed by atoms with E-state index in [9.17, 15) is 9.59 Å². The minimum atomic E-state index is -0.420. The van der Waals surface area contributed by atoms with Gasteiger partial charge < -0.3 is 20.3 Å². The molecule has 0 aliphatic carbocycles. The molecule has 1 aromatic rings. The smallest absolute Gasteiger partial charge is 0.319 e. The van der Waals surface area contributed by atoms with Gasteiger partial charge in [0.15, 0.2) is 0 Å². The fraction of sp³-hybridized carbons (Fsp3) is 0.474. The second kappa shape index (κ2) is 7.17. The molecule has 25 heavy (non-hydrogen) atoms. The molecule has 1 aromatic carbocycles. The maximum atomic E-state index is 12.9. The van der Waals surface area contributed by atoms with Crippen LogP contribution in [0.5, 0.6) is 5.75 Å². The average Bonchev–Trinajstić information content (AvgIpc) is 2.89. The molecule has 6 heteroatoms. The Labute approximate surface area is 148 Å². The van der Waals surface area contributed by atoms with Gasteiger partial charge in [0.05, 0.1) is 30.5 Å². The molecule has 0 saturated heterocycles. The van der Waals surface area contributed by atoms with E-state index < -0.39 is 6.04 Å². The quantitative estimate of drug-likeness (QED) is 0.834. The third kappa shape index (κ3) is 3.62. The van der Waals surface area contributed by atoms with Crippen LogP contribution in [0.2, 0.25) is 0 Å². The van der Waals surface area contributed by atoms with Gasteiger partial charge in [0, 0.05) is 6.54 Å². The average molecular weight is 343 g/mol. The molecule has 0 spiro atoms. The fourth-order valence-electron chi connectivity index (χ4n) is 3.20. The minimum absolute atomic E-state index is 0.00188. The maximum absolute atomic E-state index is 12.9. The first-order valence-corrected chi connectivity index (χ1v) is 8.82. The van der Waals surface area contributed by atoms with Crippen LogP contribution >= 0.6 is 0 Å². The van der Waals surface area contributed by atoms with Crippen molar-refractivity contribution in [2.45, 2.75) is 33.2 Å². The molecule has 2 heterocycles. The second-order valence-electron chi connectivity index (χ2n) is 6.83. The molecule has 2 aliphatic heterocycles. The minimum Gasteiger partial charge on any atom is -0.494 e. The van der Waals surface area contributed by atoms with Gasteiger partial charge in [-0.15, -0.1) is 0 Å². The Morgan fingerprint density at radius 2 is 1.96 bits per heavy atom. The Balaban J connectivity index is 1.83. The number of ether oxygens (including phenoxy) is 1. The SMILES string of the molecule is CCOc1ccc(C2NC(=O)NC3=C2C(=O)N(CCC(C)C)C3)cc1. The van der Waals surface area contributed by atoms with E-state index in [1.54, 1.807) is 0 Å². The number of nitrogens with one attached hydrogen (secondary N) is 2. The molecule has 0 radical (unpaired) electrons. The second-order valence-corrected chi connectivity index (χ2v) is 6.83. The zero-order valence-electron chi connectivity index (χ0n) is 15.0. The summed E-state index contributed by atoms with van der Waals surface area (Å²) in [5, 5.41) is 5.68. The summed E-state index contributed by atoms with van der Waals surface area (Å²) in [4.78, 5) is 26.7. The summed E-state index contributed by atoms with van der Waals surface area (Å²) in [6.07, 6.45) is 0.946. The summed E-state index contributed by atoms with van der Waals surface area (Å²) in [6.45, 7) is 7.99. The van der Waals surface area contributed by atoms with Crippen LogP contribution < -0.4 is 15.4 Å². The highest BCUT2D eigenvalue weighted by atomic mass is 16.5. The predicted octanol–water partition coefficient (Wildman–Crippen LogP) is 2.58. The van der Waals surface area contributed by atoms with E-state index >= 15 is 0 Å². The number of hydrogen-bond acceptors (Lipinski definition) is 3. The number of carbonyl (C=O) groups excluding carboxylic acids is 2. The lowest BCUT2D eigenvalue weighted by atomic mass is 9.96. The Morgan fingerprint density at radius 3 is 2.60 bits per heavy atom. The molecule has 1 unspecified atom stereocenters. The summed E-state index contributed by atoms with van der Waals surface area (Å²) in [7, 11) is 0. The van der Waals surface area contributed by atoms with E-state index in [-0.39, 0.29) is 11.9 Å². The van der Waals surface area contributed by atoms with Crippen LogP contribution in [-0.2, 0) is 4.79 Å². The molecule has 1 atom stereocenters. The summed E-state index contributed by atoms with van der Waals surface area (Å²) >= 11 is 0. The van der Waals surface area contributed by atoms with Crippen molar-refractivity contribution in [1.82, 2.24) is 15.5 Å². The molecule has 0 aromatic heterocycles. The zero-order chi connectivity index (χ0) is 18.0. The number of nitrogens with zero attached hydrogens (tertiary/aromatic N) is 1. The van der Waals surface area contributed by atoms with E-state index in [1.165, 1.54) is 0 Å². The van der Waals surface area contributed by atoms with Crippen LogP contribution in [0.3, 0.4) is 0 Å². The number of carbonyl (C=O) groups is 2. The molecule has 2 N–H and O–H groups in total. The van der Waals surface area contributed by atoms with Crippen LogP contribution in [0.15, 0.2) is 35.5 Å². The van der Waals surface area contributed by atoms with Gasteiger partial charge in [0.1, 0.15) is 5.75 Å². The van der Waals surface area contributed by atoms with Crippen molar-refractivity contribution in [2.24, 2.45) is 5.92 Å². The predicted molar refractivity (Wildman–Crippen MR) is 95.1 cm³/mol. The number of amides is 3. The van der Waals surface area contributed by atoms with Gasteiger partial charge in [0.25, 0.3) is 5.91 Å². The van der Waals surface area contributed by atoms with Crippen molar-refractivity contribution >= 4 is 11.9 Å². The zero-order valence-corrected chi connectivity index (χ0v) is 15.0. The van der Waals surface area contributed by atoms with Crippen molar-refractivity contribution in [3.8, 4) is 5.75 Å². The molecule has 0 saturated carbocycles. The van der Waals surface area contributed by atoms with E-state index in [4.69, 9.17) is 4.74 Å². The van der Waals surface area contributed by atoms with E-state index in [2.05, 4.69) is 24.5 Å². The van der Waals surface area contributed by atoms with Crippen LogP contribution in [-0.4, -0.2) is 36.5 Å². The van der Waals surface area contributed by atoms with Crippen LogP contribution in [0, 0.1) is 5.92 Å². The molecule has 3 rings (SSSR count). The Morgan fingerprint density at radius 1 is 1.24 bits per heavy atom. The lowest BCUT2D eigenvalue weighted by molar-refractivity contribution is -0.125. The topological polar surface area (TPSA) is 70.7 Å².